The monoisotopic (exact) mass is 288 g/mol. The summed E-state index contributed by atoms with van der Waals surface area (Å²) >= 11 is 0. The van der Waals surface area contributed by atoms with Gasteiger partial charge in [-0.25, -0.2) is 13.1 Å². The second-order valence-electron chi connectivity index (χ2n) is 4.84. The Hall–Kier alpha value is -0.890. The molecule has 0 aliphatic heterocycles. The molecular formula is C12H20N2O4S. The molecule has 1 heterocycles. The summed E-state index contributed by atoms with van der Waals surface area (Å²) in [7, 11) is -3.61. The van der Waals surface area contributed by atoms with Crippen LogP contribution in [0.2, 0.25) is 0 Å². The number of rotatable bonds is 7. The Morgan fingerprint density at radius 1 is 1.42 bits per heavy atom. The second kappa shape index (κ2) is 6.04. The Labute approximate surface area is 113 Å². The fraction of sp³-hybridized carbons (Fsp3) is 0.667. The average molecular weight is 288 g/mol. The van der Waals surface area contributed by atoms with E-state index in [1.165, 1.54) is 6.07 Å². The molecule has 0 bridgehead atoms. The van der Waals surface area contributed by atoms with Gasteiger partial charge in [0.2, 0.25) is 5.09 Å². The molecule has 2 rings (SSSR count). The molecule has 0 saturated heterocycles. The van der Waals surface area contributed by atoms with Crippen molar-refractivity contribution in [2.24, 2.45) is 0 Å². The third-order valence-corrected chi connectivity index (χ3v) is 4.46. The van der Waals surface area contributed by atoms with Gasteiger partial charge in [0, 0.05) is 6.04 Å². The molecule has 1 saturated carbocycles. The Morgan fingerprint density at radius 3 is 2.79 bits per heavy atom. The molecule has 108 valence electrons. The third-order valence-electron chi connectivity index (χ3n) is 3.06. The van der Waals surface area contributed by atoms with Crippen LogP contribution < -0.4 is 10.0 Å². The molecule has 6 nitrogen and oxygen atoms in total. The van der Waals surface area contributed by atoms with E-state index in [-0.39, 0.29) is 11.1 Å². The topological polar surface area (TPSA) is 91.6 Å². The van der Waals surface area contributed by atoms with Crippen molar-refractivity contribution in [3.8, 4) is 0 Å². The lowest BCUT2D eigenvalue weighted by atomic mass is 9.91. The molecule has 1 fully saturated rings. The lowest BCUT2D eigenvalue weighted by Crippen LogP contribution is -2.46. The van der Waals surface area contributed by atoms with Crippen LogP contribution in [-0.4, -0.2) is 32.2 Å². The van der Waals surface area contributed by atoms with Crippen LogP contribution >= 0.6 is 0 Å². The first kappa shape index (κ1) is 14.5. The number of furan rings is 1. The van der Waals surface area contributed by atoms with Crippen LogP contribution in [0, 0.1) is 0 Å². The highest BCUT2D eigenvalue weighted by Gasteiger charge is 2.32. The first-order valence-electron chi connectivity index (χ1n) is 6.51. The zero-order valence-corrected chi connectivity index (χ0v) is 11.7. The van der Waals surface area contributed by atoms with Crippen molar-refractivity contribution in [3.05, 3.63) is 17.9 Å². The zero-order valence-electron chi connectivity index (χ0n) is 10.9. The van der Waals surface area contributed by atoms with E-state index in [9.17, 15) is 8.42 Å². The molecule has 0 radical (unpaired) electrons. The van der Waals surface area contributed by atoms with Gasteiger partial charge in [-0.1, -0.05) is 6.92 Å². The van der Waals surface area contributed by atoms with Crippen molar-refractivity contribution >= 4 is 10.0 Å². The van der Waals surface area contributed by atoms with Crippen molar-refractivity contribution in [3.63, 3.8) is 0 Å². The van der Waals surface area contributed by atoms with E-state index in [0.29, 0.717) is 25.1 Å². The number of aliphatic hydroxyl groups is 1. The maximum Gasteiger partial charge on any atom is 0.274 e. The standard InChI is InChI=1S/C12H20N2O4S/c1-2-5-13-8-11-3-4-12(18-11)19(16,17)14-9-6-10(15)7-9/h3-4,9-10,13-15H,2,5-8H2,1H3. The molecular weight excluding hydrogens is 268 g/mol. The average Bonchev–Trinajstić information content (AvgIpc) is 2.77. The van der Waals surface area contributed by atoms with Crippen molar-refractivity contribution in [1.29, 1.82) is 0 Å². The number of nitrogens with one attached hydrogen (secondary N) is 2. The van der Waals surface area contributed by atoms with Crippen LogP contribution in [0.1, 0.15) is 31.9 Å². The summed E-state index contributed by atoms with van der Waals surface area (Å²) in [6.45, 7) is 3.44. The summed E-state index contributed by atoms with van der Waals surface area (Å²) in [5, 5.41) is 12.2. The minimum Gasteiger partial charge on any atom is -0.447 e. The van der Waals surface area contributed by atoms with Crippen LogP contribution in [-0.2, 0) is 16.6 Å². The zero-order chi connectivity index (χ0) is 13.9. The highest BCUT2D eigenvalue weighted by Crippen LogP contribution is 2.22. The summed E-state index contributed by atoms with van der Waals surface area (Å²) < 4.78 is 31.8. The van der Waals surface area contributed by atoms with Crippen molar-refractivity contribution in [2.45, 2.75) is 50.0 Å². The molecule has 1 aliphatic rings. The van der Waals surface area contributed by atoms with Gasteiger partial charge in [-0.2, -0.15) is 0 Å². The molecule has 7 heteroatoms. The Morgan fingerprint density at radius 2 is 2.16 bits per heavy atom. The summed E-state index contributed by atoms with van der Waals surface area (Å²) in [5.74, 6) is 0.600. The van der Waals surface area contributed by atoms with E-state index >= 15 is 0 Å². The largest absolute Gasteiger partial charge is 0.447 e. The van der Waals surface area contributed by atoms with Crippen LogP contribution in [0.25, 0.3) is 0 Å². The fourth-order valence-electron chi connectivity index (χ4n) is 1.95. The van der Waals surface area contributed by atoms with E-state index < -0.39 is 16.1 Å². The lowest BCUT2D eigenvalue weighted by Gasteiger charge is -2.31. The van der Waals surface area contributed by atoms with Crippen LogP contribution in [0.15, 0.2) is 21.6 Å². The highest BCUT2D eigenvalue weighted by atomic mass is 32.2. The SMILES string of the molecule is CCCNCc1ccc(S(=O)(=O)NC2CC(O)C2)o1. The van der Waals surface area contributed by atoms with Gasteiger partial charge in [-0.05, 0) is 37.9 Å². The molecule has 1 aromatic heterocycles. The Balaban J connectivity index is 1.92. The summed E-state index contributed by atoms with van der Waals surface area (Å²) in [4.78, 5) is 0. The lowest BCUT2D eigenvalue weighted by molar-refractivity contribution is 0.0710. The first-order chi connectivity index (χ1) is 9.01. The van der Waals surface area contributed by atoms with Crippen LogP contribution in [0.5, 0.6) is 0 Å². The van der Waals surface area contributed by atoms with Crippen LogP contribution in [0.4, 0.5) is 0 Å². The van der Waals surface area contributed by atoms with Gasteiger partial charge < -0.3 is 14.8 Å². The van der Waals surface area contributed by atoms with Crippen LogP contribution in [0.3, 0.4) is 0 Å². The number of hydrogen-bond acceptors (Lipinski definition) is 5. The van der Waals surface area contributed by atoms with E-state index in [4.69, 9.17) is 9.52 Å². The molecule has 0 aromatic carbocycles. The van der Waals surface area contributed by atoms with E-state index in [1.54, 1.807) is 6.07 Å². The molecule has 3 N–H and O–H groups in total. The number of aliphatic hydroxyl groups excluding tert-OH is 1. The Bertz CT molecular complexity index is 506. The predicted molar refractivity (Wildman–Crippen MR) is 70.1 cm³/mol. The van der Waals surface area contributed by atoms with Gasteiger partial charge in [0.15, 0.2) is 0 Å². The van der Waals surface area contributed by atoms with Gasteiger partial charge in [0.1, 0.15) is 5.76 Å². The molecule has 1 aliphatic carbocycles. The normalized spacial score (nSPS) is 23.3. The van der Waals surface area contributed by atoms with Crippen molar-refractivity contribution < 1.29 is 17.9 Å². The van der Waals surface area contributed by atoms with Crippen molar-refractivity contribution in [1.82, 2.24) is 10.0 Å². The smallest absolute Gasteiger partial charge is 0.274 e. The molecule has 19 heavy (non-hydrogen) atoms. The Kier molecular flexibility index (Phi) is 4.62. The summed E-state index contributed by atoms with van der Waals surface area (Å²) in [5.41, 5.74) is 0. The second-order valence-corrected chi connectivity index (χ2v) is 6.49. The highest BCUT2D eigenvalue weighted by molar-refractivity contribution is 7.89. The van der Waals surface area contributed by atoms with E-state index in [0.717, 1.165) is 13.0 Å². The van der Waals surface area contributed by atoms with Gasteiger partial charge in [-0.15, -0.1) is 0 Å². The number of hydrogen-bond donors (Lipinski definition) is 3. The summed E-state index contributed by atoms with van der Waals surface area (Å²) in [6.07, 6.45) is 1.55. The minimum absolute atomic E-state index is 0.0674. The molecule has 0 spiro atoms. The van der Waals surface area contributed by atoms with Gasteiger partial charge >= 0.3 is 0 Å². The molecule has 0 amide bonds. The molecule has 1 aromatic rings. The van der Waals surface area contributed by atoms with Gasteiger partial charge in [0.05, 0.1) is 12.6 Å². The molecule has 0 unspecified atom stereocenters. The van der Waals surface area contributed by atoms with Gasteiger partial charge in [-0.3, -0.25) is 0 Å². The maximum absolute atomic E-state index is 12.0. The quantitative estimate of drug-likeness (QED) is 0.638. The first-order valence-corrected chi connectivity index (χ1v) is 7.99. The van der Waals surface area contributed by atoms with Crippen molar-refractivity contribution in [2.75, 3.05) is 6.54 Å². The molecule has 0 atom stereocenters. The third kappa shape index (κ3) is 3.79. The van der Waals surface area contributed by atoms with Gasteiger partial charge in [0.25, 0.3) is 10.0 Å². The van der Waals surface area contributed by atoms with E-state index in [1.807, 2.05) is 0 Å². The minimum atomic E-state index is -3.61. The number of sulfonamides is 1. The summed E-state index contributed by atoms with van der Waals surface area (Å²) in [6, 6.07) is 2.93. The predicted octanol–water partition coefficient (Wildman–Crippen LogP) is 0.581. The maximum atomic E-state index is 12.0. The fourth-order valence-corrected chi connectivity index (χ4v) is 3.16. The van der Waals surface area contributed by atoms with E-state index in [2.05, 4.69) is 17.0 Å².